The molecule has 0 spiro atoms. The zero-order valence-corrected chi connectivity index (χ0v) is 15.5. The van der Waals surface area contributed by atoms with Gasteiger partial charge in [-0.25, -0.2) is 0 Å². The molecule has 0 saturated carbocycles. The number of carbonyl (C=O) groups is 2. The second-order valence-electron chi connectivity index (χ2n) is 6.45. The van der Waals surface area contributed by atoms with E-state index in [0.29, 0.717) is 16.8 Å². The molecule has 0 saturated heterocycles. The highest BCUT2D eigenvalue weighted by Crippen LogP contribution is 2.22. The summed E-state index contributed by atoms with van der Waals surface area (Å²) in [6.45, 7) is 5.45. The third-order valence-corrected chi connectivity index (χ3v) is 4.28. The van der Waals surface area contributed by atoms with Crippen molar-refractivity contribution in [3.63, 3.8) is 0 Å². The molecule has 1 heterocycles. The van der Waals surface area contributed by atoms with Crippen LogP contribution >= 0.6 is 0 Å². The predicted molar refractivity (Wildman–Crippen MR) is 108 cm³/mol. The van der Waals surface area contributed by atoms with Crippen LogP contribution in [0.3, 0.4) is 0 Å². The number of hydrogen-bond donors (Lipinski definition) is 2. The zero-order valence-electron chi connectivity index (χ0n) is 15.5. The van der Waals surface area contributed by atoms with Crippen LogP contribution in [0.15, 0.2) is 60.9 Å². The van der Waals surface area contributed by atoms with Gasteiger partial charge in [0.2, 0.25) is 0 Å². The number of anilines is 3. The van der Waals surface area contributed by atoms with Gasteiger partial charge in [-0.1, -0.05) is 30.3 Å². The van der Waals surface area contributed by atoms with Gasteiger partial charge in [0.05, 0.1) is 17.4 Å². The minimum atomic E-state index is -0.221. The van der Waals surface area contributed by atoms with Crippen molar-refractivity contribution < 1.29 is 9.59 Å². The highest BCUT2D eigenvalue weighted by atomic mass is 16.1. The molecule has 136 valence electrons. The maximum atomic E-state index is 12.6. The van der Waals surface area contributed by atoms with Gasteiger partial charge in [-0.3, -0.25) is 14.6 Å². The summed E-state index contributed by atoms with van der Waals surface area (Å²) in [7, 11) is 0. The first-order valence-corrected chi connectivity index (χ1v) is 8.64. The summed E-state index contributed by atoms with van der Waals surface area (Å²) in [5.74, 6) is -0.223. The van der Waals surface area contributed by atoms with Crippen molar-refractivity contribution in [2.75, 3.05) is 10.6 Å². The molecule has 3 rings (SSSR count). The van der Waals surface area contributed by atoms with E-state index in [4.69, 9.17) is 0 Å². The topological polar surface area (TPSA) is 71.1 Å². The molecular formula is C22H21N3O2. The lowest BCUT2D eigenvalue weighted by Gasteiger charge is -2.12. The zero-order chi connectivity index (χ0) is 19.4. The number of nitrogens with one attached hydrogen (secondary N) is 2. The number of nitrogens with zero attached hydrogens (tertiary/aromatic N) is 1. The summed E-state index contributed by atoms with van der Waals surface area (Å²) < 4.78 is 0. The Hall–Kier alpha value is -3.47. The highest BCUT2D eigenvalue weighted by Gasteiger charge is 2.11. The Balaban J connectivity index is 1.80. The van der Waals surface area contributed by atoms with E-state index in [2.05, 4.69) is 15.6 Å². The number of carbonyl (C=O) groups excluding carboxylic acids is 2. The van der Waals surface area contributed by atoms with Crippen LogP contribution in [0.4, 0.5) is 17.1 Å². The van der Waals surface area contributed by atoms with Crippen LogP contribution < -0.4 is 10.6 Å². The maximum absolute atomic E-state index is 12.6. The van der Waals surface area contributed by atoms with Crippen LogP contribution in [0, 0.1) is 13.8 Å². The lowest BCUT2D eigenvalue weighted by Crippen LogP contribution is -2.14. The third kappa shape index (κ3) is 4.39. The van der Waals surface area contributed by atoms with Crippen molar-refractivity contribution in [3.05, 3.63) is 83.2 Å². The maximum Gasteiger partial charge on any atom is 0.257 e. The Labute approximate surface area is 158 Å². The number of benzene rings is 2. The van der Waals surface area contributed by atoms with Gasteiger partial charge in [0.1, 0.15) is 0 Å². The van der Waals surface area contributed by atoms with E-state index in [9.17, 15) is 9.59 Å². The lowest BCUT2D eigenvalue weighted by atomic mass is 10.1. The van der Waals surface area contributed by atoms with Crippen LogP contribution in [-0.4, -0.2) is 16.7 Å². The Morgan fingerprint density at radius 3 is 2.22 bits per heavy atom. The first kappa shape index (κ1) is 18.3. The molecule has 0 fully saturated rings. The average molecular weight is 359 g/mol. The number of ketones is 1. The number of para-hydroxylation sites is 1. The van der Waals surface area contributed by atoms with Crippen molar-refractivity contribution in [1.29, 1.82) is 0 Å². The van der Waals surface area contributed by atoms with E-state index in [0.717, 1.165) is 22.5 Å². The Morgan fingerprint density at radius 2 is 1.52 bits per heavy atom. The first-order chi connectivity index (χ1) is 12.9. The van der Waals surface area contributed by atoms with E-state index in [1.165, 1.54) is 13.1 Å². The van der Waals surface area contributed by atoms with E-state index < -0.39 is 0 Å². The monoisotopic (exact) mass is 359 g/mol. The largest absolute Gasteiger partial charge is 0.354 e. The van der Waals surface area contributed by atoms with Crippen LogP contribution in [0.2, 0.25) is 0 Å². The van der Waals surface area contributed by atoms with Crippen LogP contribution in [0.5, 0.6) is 0 Å². The number of hydrogen-bond acceptors (Lipinski definition) is 4. The standard InChI is InChI=1S/C22H21N3O2/c1-14-6-4-7-15(2)21(14)25-22(27)18-11-20(13-23-12-18)24-19-9-5-8-17(10-19)16(3)26/h4-13,24H,1-3H3,(H,25,27). The van der Waals surface area contributed by atoms with Crippen LogP contribution in [0.1, 0.15) is 38.8 Å². The van der Waals surface area contributed by atoms with Gasteiger partial charge in [-0.15, -0.1) is 0 Å². The predicted octanol–water partition coefficient (Wildman–Crippen LogP) is 4.90. The van der Waals surface area contributed by atoms with E-state index in [-0.39, 0.29) is 11.7 Å². The lowest BCUT2D eigenvalue weighted by molar-refractivity contribution is 0.101. The van der Waals surface area contributed by atoms with Crippen molar-refractivity contribution >= 4 is 28.8 Å². The fourth-order valence-corrected chi connectivity index (χ4v) is 2.81. The van der Waals surface area contributed by atoms with Gasteiger partial charge in [-0.05, 0) is 50.1 Å². The highest BCUT2D eigenvalue weighted by molar-refractivity contribution is 6.05. The summed E-state index contributed by atoms with van der Waals surface area (Å²) >= 11 is 0. The number of rotatable bonds is 5. The second-order valence-corrected chi connectivity index (χ2v) is 6.45. The molecule has 0 aliphatic carbocycles. The van der Waals surface area contributed by atoms with Gasteiger partial charge >= 0.3 is 0 Å². The van der Waals surface area contributed by atoms with Gasteiger partial charge < -0.3 is 10.6 Å². The minimum absolute atomic E-state index is 0.00138. The molecule has 0 bridgehead atoms. The number of aromatic nitrogens is 1. The number of amides is 1. The van der Waals surface area contributed by atoms with Crippen molar-refractivity contribution in [3.8, 4) is 0 Å². The molecule has 0 atom stereocenters. The van der Waals surface area contributed by atoms with Crippen LogP contribution in [-0.2, 0) is 0 Å². The summed E-state index contributed by atoms with van der Waals surface area (Å²) in [6.07, 6.45) is 3.16. The molecule has 1 amide bonds. The third-order valence-electron chi connectivity index (χ3n) is 4.28. The molecule has 0 unspecified atom stereocenters. The molecule has 5 heteroatoms. The molecule has 2 aromatic carbocycles. The molecule has 0 aliphatic rings. The van der Waals surface area contributed by atoms with E-state index in [1.807, 2.05) is 44.2 Å². The second kappa shape index (κ2) is 7.83. The normalized spacial score (nSPS) is 10.3. The fourth-order valence-electron chi connectivity index (χ4n) is 2.81. The minimum Gasteiger partial charge on any atom is -0.354 e. The van der Waals surface area contributed by atoms with Crippen molar-refractivity contribution in [2.45, 2.75) is 20.8 Å². The molecule has 5 nitrogen and oxygen atoms in total. The summed E-state index contributed by atoms with van der Waals surface area (Å²) in [5.41, 5.74) is 5.33. The van der Waals surface area contributed by atoms with Crippen molar-refractivity contribution in [1.82, 2.24) is 4.98 Å². The quantitative estimate of drug-likeness (QED) is 0.636. The Kier molecular flexibility index (Phi) is 5.31. The number of aryl methyl sites for hydroxylation is 2. The molecule has 2 N–H and O–H groups in total. The van der Waals surface area contributed by atoms with Crippen molar-refractivity contribution in [2.24, 2.45) is 0 Å². The molecule has 3 aromatic rings. The summed E-state index contributed by atoms with van der Waals surface area (Å²) in [5, 5.41) is 6.14. The van der Waals surface area contributed by atoms with E-state index >= 15 is 0 Å². The number of pyridine rings is 1. The molecular weight excluding hydrogens is 338 g/mol. The molecule has 0 radical (unpaired) electrons. The summed E-state index contributed by atoms with van der Waals surface area (Å²) in [6, 6.07) is 14.8. The smallest absolute Gasteiger partial charge is 0.257 e. The number of Topliss-reactive ketones (excluding diaryl/α,β-unsaturated/α-hetero) is 1. The Bertz CT molecular complexity index is 992. The van der Waals surface area contributed by atoms with Gasteiger partial charge in [0.15, 0.2) is 5.78 Å². The average Bonchev–Trinajstić information content (AvgIpc) is 2.65. The van der Waals surface area contributed by atoms with Gasteiger partial charge in [-0.2, -0.15) is 0 Å². The van der Waals surface area contributed by atoms with Gasteiger partial charge in [0, 0.05) is 23.1 Å². The first-order valence-electron chi connectivity index (χ1n) is 8.64. The fraction of sp³-hybridized carbons (Fsp3) is 0.136. The SMILES string of the molecule is CC(=O)c1cccc(Nc2cncc(C(=O)Nc3c(C)cccc3C)c2)c1. The summed E-state index contributed by atoms with van der Waals surface area (Å²) in [4.78, 5) is 28.3. The molecule has 1 aromatic heterocycles. The molecule has 0 aliphatic heterocycles. The molecule has 27 heavy (non-hydrogen) atoms. The van der Waals surface area contributed by atoms with Crippen LogP contribution in [0.25, 0.3) is 0 Å². The Morgan fingerprint density at radius 1 is 0.852 bits per heavy atom. The van der Waals surface area contributed by atoms with E-state index in [1.54, 1.807) is 24.4 Å². The van der Waals surface area contributed by atoms with Gasteiger partial charge in [0.25, 0.3) is 5.91 Å².